The van der Waals surface area contributed by atoms with E-state index in [4.69, 9.17) is 9.76 Å². The Balaban J connectivity index is 3.12. The third-order valence-electron chi connectivity index (χ3n) is 3.29. The van der Waals surface area contributed by atoms with Gasteiger partial charge in [-0.05, 0) is 6.92 Å². The summed E-state index contributed by atoms with van der Waals surface area (Å²) in [6.45, 7) is 3.32. The standard InChI is InChI=1S/C13H17BN2O11S/c1-3-15-5-6-16(7-8-28(23,24)4-2)13(15)27-14(25-11(21)9(17)18)26-12(22)10(19)20/h5-6H,3-4,7-8H2,1-2H3,(H-,17,18,19,20). The zero-order valence-corrected chi connectivity index (χ0v) is 15.7. The maximum atomic E-state index is 11.7. The van der Waals surface area contributed by atoms with E-state index in [0.29, 0.717) is 0 Å². The van der Waals surface area contributed by atoms with Crippen LogP contribution in [0.3, 0.4) is 0 Å². The van der Waals surface area contributed by atoms with Crippen molar-refractivity contribution in [3.05, 3.63) is 12.4 Å². The van der Waals surface area contributed by atoms with Gasteiger partial charge in [-0.15, -0.1) is 0 Å². The number of carboxylic acid groups (broad SMARTS) is 2. The van der Waals surface area contributed by atoms with Crippen molar-refractivity contribution in [3.63, 3.8) is 0 Å². The monoisotopic (exact) mass is 420 g/mol. The Hall–Kier alpha value is -3.10. The summed E-state index contributed by atoms with van der Waals surface area (Å²) in [4.78, 5) is 43.5. The van der Waals surface area contributed by atoms with E-state index in [1.54, 1.807) is 6.92 Å². The molecule has 1 N–H and O–H groups in total. The van der Waals surface area contributed by atoms with E-state index in [1.165, 1.54) is 28.5 Å². The number of imidazole rings is 1. The van der Waals surface area contributed by atoms with Crippen LogP contribution in [0.4, 0.5) is 0 Å². The first-order valence-corrected chi connectivity index (χ1v) is 9.64. The van der Waals surface area contributed by atoms with Crippen molar-refractivity contribution in [2.75, 3.05) is 11.5 Å². The molecule has 0 bridgehead atoms. The van der Waals surface area contributed by atoms with Crippen molar-refractivity contribution < 1.29 is 56.3 Å². The highest BCUT2D eigenvalue weighted by molar-refractivity contribution is 7.91. The summed E-state index contributed by atoms with van der Waals surface area (Å²) in [7, 11) is -5.71. The Bertz CT molecular complexity index is 836. The highest BCUT2D eigenvalue weighted by Gasteiger charge is 2.41. The van der Waals surface area contributed by atoms with Crippen molar-refractivity contribution in [2.24, 2.45) is 0 Å². The number of aliphatic carboxylic acids is 2. The van der Waals surface area contributed by atoms with Crippen LogP contribution in [0, 0.1) is 0 Å². The number of hydrogen-bond acceptors (Lipinski definition) is 10. The summed E-state index contributed by atoms with van der Waals surface area (Å²) in [5.74, 6) is -8.56. The molecular weight excluding hydrogens is 403 g/mol. The van der Waals surface area contributed by atoms with E-state index in [9.17, 15) is 32.7 Å². The van der Waals surface area contributed by atoms with Crippen molar-refractivity contribution in [3.8, 4) is 6.01 Å². The minimum Gasteiger partial charge on any atom is -0.539 e. The molecule has 0 saturated heterocycles. The molecular formula is C13H17BN2O11S. The molecule has 0 amide bonds. The van der Waals surface area contributed by atoms with Crippen molar-refractivity contribution in [1.29, 1.82) is 0 Å². The molecule has 0 spiro atoms. The van der Waals surface area contributed by atoms with Gasteiger partial charge in [-0.3, -0.25) is 0 Å². The number of nitrogens with zero attached hydrogens (tertiary/aromatic N) is 2. The van der Waals surface area contributed by atoms with E-state index in [1.807, 2.05) is 0 Å². The fourth-order valence-electron chi connectivity index (χ4n) is 1.81. The van der Waals surface area contributed by atoms with Crippen LogP contribution in [0.25, 0.3) is 0 Å². The van der Waals surface area contributed by atoms with Crippen LogP contribution in [-0.2, 0) is 51.4 Å². The van der Waals surface area contributed by atoms with Crippen molar-refractivity contribution in [2.45, 2.75) is 26.9 Å². The molecule has 0 aliphatic rings. The van der Waals surface area contributed by atoms with E-state index < -0.39 is 41.0 Å². The van der Waals surface area contributed by atoms with Crippen LogP contribution in [0.2, 0.25) is 0 Å². The van der Waals surface area contributed by atoms with Crippen LogP contribution in [0.15, 0.2) is 12.4 Å². The molecule has 0 aliphatic heterocycles. The highest BCUT2D eigenvalue weighted by Crippen LogP contribution is 2.09. The number of rotatable bonds is 9. The lowest BCUT2D eigenvalue weighted by molar-refractivity contribution is -0.695. The molecule has 154 valence electrons. The van der Waals surface area contributed by atoms with Gasteiger partial charge in [-0.2, -0.15) is 9.13 Å². The summed E-state index contributed by atoms with van der Waals surface area (Å²) < 4.78 is 39.7. The lowest BCUT2D eigenvalue weighted by Gasteiger charge is -2.12. The number of carbonyl (C=O) groups excluding carboxylic acids is 3. The maximum Gasteiger partial charge on any atom is 0.873 e. The molecule has 28 heavy (non-hydrogen) atoms. The number of aryl methyl sites for hydroxylation is 2. The van der Waals surface area contributed by atoms with Gasteiger partial charge in [0.1, 0.15) is 18.9 Å². The van der Waals surface area contributed by atoms with Crippen LogP contribution in [0.1, 0.15) is 13.8 Å². The average Bonchev–Trinajstić information content (AvgIpc) is 3.01. The Labute approximate surface area is 159 Å². The molecule has 1 heterocycles. The molecule has 1 rings (SSSR count). The van der Waals surface area contributed by atoms with Gasteiger partial charge in [0.15, 0.2) is 15.8 Å². The van der Waals surface area contributed by atoms with Gasteiger partial charge in [0.25, 0.3) is 0 Å². The van der Waals surface area contributed by atoms with Gasteiger partial charge in [-0.25, -0.2) is 22.8 Å². The average molecular weight is 420 g/mol. The third kappa shape index (κ3) is 6.57. The van der Waals surface area contributed by atoms with Crippen molar-refractivity contribution in [1.82, 2.24) is 4.57 Å². The zero-order chi connectivity index (χ0) is 21.5. The lowest BCUT2D eigenvalue weighted by atomic mass is 10.2. The molecule has 0 aromatic carbocycles. The second-order valence-corrected chi connectivity index (χ2v) is 7.58. The summed E-state index contributed by atoms with van der Waals surface area (Å²) in [6, 6.07) is -0.178. The van der Waals surface area contributed by atoms with E-state index in [0.717, 1.165) is 0 Å². The van der Waals surface area contributed by atoms with Gasteiger partial charge in [0.05, 0.1) is 12.3 Å². The number of carbonyl (C=O) groups is 4. The predicted molar refractivity (Wildman–Crippen MR) is 85.8 cm³/mol. The van der Waals surface area contributed by atoms with E-state index in [2.05, 4.69) is 9.31 Å². The van der Waals surface area contributed by atoms with Crippen LogP contribution >= 0.6 is 0 Å². The van der Waals surface area contributed by atoms with Gasteiger partial charge >= 0.3 is 31.2 Å². The Morgan fingerprint density at radius 2 is 1.82 bits per heavy atom. The number of hydrogen-bond donors (Lipinski definition) is 1. The number of sulfone groups is 1. The zero-order valence-electron chi connectivity index (χ0n) is 14.9. The lowest BCUT2D eigenvalue weighted by Crippen LogP contribution is -2.46. The second kappa shape index (κ2) is 9.73. The summed E-state index contributed by atoms with van der Waals surface area (Å²) in [5.41, 5.74) is 0. The molecule has 0 atom stereocenters. The Kier molecular flexibility index (Phi) is 7.97. The summed E-state index contributed by atoms with van der Waals surface area (Å²) in [5, 5.41) is 19.1. The fraction of sp³-hybridized carbons (Fsp3) is 0.462. The molecule has 0 radical (unpaired) electrons. The Morgan fingerprint density at radius 3 is 2.32 bits per heavy atom. The molecule has 0 fully saturated rings. The van der Waals surface area contributed by atoms with Crippen LogP contribution in [-0.4, -0.2) is 60.8 Å². The largest absolute Gasteiger partial charge is 0.873 e. The van der Waals surface area contributed by atoms with Gasteiger partial charge in [0.2, 0.25) is 0 Å². The van der Waals surface area contributed by atoms with Crippen molar-refractivity contribution >= 4 is 41.0 Å². The minimum atomic E-state index is -3.34. The molecule has 15 heteroatoms. The van der Waals surface area contributed by atoms with E-state index in [-0.39, 0.29) is 30.6 Å². The predicted octanol–water partition coefficient (Wildman–Crippen LogP) is -3.49. The first-order valence-electron chi connectivity index (χ1n) is 7.82. The third-order valence-corrected chi connectivity index (χ3v) is 4.98. The summed E-state index contributed by atoms with van der Waals surface area (Å²) >= 11 is 0. The summed E-state index contributed by atoms with van der Waals surface area (Å²) in [6.07, 6.45) is 2.88. The molecule has 1 aromatic rings. The first kappa shape index (κ1) is 22.9. The van der Waals surface area contributed by atoms with Crippen LogP contribution in [0.5, 0.6) is 6.01 Å². The van der Waals surface area contributed by atoms with Gasteiger partial charge in [-0.1, -0.05) is 6.92 Å². The molecule has 0 saturated carbocycles. The maximum absolute atomic E-state index is 11.7. The van der Waals surface area contributed by atoms with Crippen LogP contribution < -0.4 is 14.3 Å². The molecule has 0 aliphatic carbocycles. The minimum absolute atomic E-state index is 0.0907. The van der Waals surface area contributed by atoms with Gasteiger partial charge in [0, 0.05) is 5.75 Å². The SMILES string of the molecule is CCn1cc[n+](CCS(=O)(=O)CC)c1OB(OC(=O)C(=O)[O-])OC(=O)C(=O)O. The fourth-order valence-corrected chi connectivity index (χ4v) is 2.58. The normalized spacial score (nSPS) is 10.8. The highest BCUT2D eigenvalue weighted by atomic mass is 32.2. The molecule has 13 nitrogen and oxygen atoms in total. The number of aromatic nitrogens is 2. The molecule has 1 aromatic heterocycles. The smallest absolute Gasteiger partial charge is 0.539 e. The topological polar surface area (TPSA) is 182 Å². The van der Waals surface area contributed by atoms with Gasteiger partial charge < -0.3 is 29.0 Å². The Morgan fingerprint density at radius 1 is 1.21 bits per heavy atom. The first-order chi connectivity index (χ1) is 13.0. The van der Waals surface area contributed by atoms with E-state index >= 15 is 0 Å². The quantitative estimate of drug-likeness (QED) is 0.238. The molecule has 0 unspecified atom stereocenters. The second-order valence-electron chi connectivity index (χ2n) is 5.11. The number of carboxylic acids is 2.